The summed E-state index contributed by atoms with van der Waals surface area (Å²) in [5.41, 5.74) is 3.82. The van der Waals surface area contributed by atoms with E-state index in [1.807, 2.05) is 12.1 Å². The molecule has 0 aromatic heterocycles. The van der Waals surface area contributed by atoms with Crippen molar-refractivity contribution in [1.82, 2.24) is 0 Å². The van der Waals surface area contributed by atoms with Gasteiger partial charge >= 0.3 is 0 Å². The molecule has 0 spiro atoms. The Kier molecular flexibility index (Phi) is 4.32. The van der Waals surface area contributed by atoms with Crippen LogP contribution in [0.25, 0.3) is 21.9 Å². The molecule has 1 nitrogen and oxygen atoms in total. The fourth-order valence-corrected chi connectivity index (χ4v) is 2.41. The van der Waals surface area contributed by atoms with E-state index in [1.165, 1.54) is 27.5 Å². The molecule has 3 rings (SSSR count). The monoisotopic (exact) mass is 325 g/mol. The van der Waals surface area contributed by atoms with Gasteiger partial charge in [-0.15, -0.1) is 34.5 Å². The van der Waals surface area contributed by atoms with Crippen LogP contribution in [0.2, 0.25) is 0 Å². The van der Waals surface area contributed by atoms with E-state index in [0.717, 1.165) is 5.75 Å². The van der Waals surface area contributed by atoms with Crippen LogP contribution in [0.4, 0.5) is 0 Å². The normalized spacial score (nSPS) is 10.2. The zero-order chi connectivity index (χ0) is 12.5. The van der Waals surface area contributed by atoms with E-state index >= 15 is 0 Å². The largest absolute Gasteiger partial charge is 0.497 e. The number of ether oxygens (including phenoxy) is 1. The first-order valence-electron chi connectivity index (χ1n) is 6.08. The summed E-state index contributed by atoms with van der Waals surface area (Å²) in [7, 11) is 1.69. The molecule has 0 bridgehead atoms. The number of rotatable bonds is 2. The third-order valence-corrected chi connectivity index (χ3v) is 3.30. The van der Waals surface area contributed by atoms with Crippen LogP contribution in [0.1, 0.15) is 5.56 Å². The first-order chi connectivity index (χ1) is 8.78. The van der Waals surface area contributed by atoms with Gasteiger partial charge in [0.05, 0.1) is 7.11 Å². The van der Waals surface area contributed by atoms with Gasteiger partial charge in [0.25, 0.3) is 0 Å². The van der Waals surface area contributed by atoms with Crippen LogP contribution >= 0.6 is 0 Å². The second kappa shape index (κ2) is 5.80. The first-order valence-corrected chi connectivity index (χ1v) is 6.08. The Morgan fingerprint density at radius 3 is 2.42 bits per heavy atom. The number of aryl methyl sites for hydroxylation is 1. The van der Waals surface area contributed by atoms with Gasteiger partial charge in [-0.2, -0.15) is 6.07 Å². The maximum Gasteiger partial charge on any atom is 0.118 e. The van der Waals surface area contributed by atoms with E-state index < -0.39 is 0 Å². The Morgan fingerprint density at radius 1 is 1.00 bits per heavy atom. The Bertz CT molecular complexity index is 680. The predicted octanol–water partition coefficient (Wildman–Crippen LogP) is 4.54. The van der Waals surface area contributed by atoms with E-state index in [4.69, 9.17) is 4.74 Å². The fourth-order valence-electron chi connectivity index (χ4n) is 2.41. The molecular formula is C17H15OZr-. The zero-order valence-electron chi connectivity index (χ0n) is 11.1. The SMILES string of the molecule is COc1ccc(-c2cccc3[cH-]c(C)cc23)cc1.[Zr]. The summed E-state index contributed by atoms with van der Waals surface area (Å²) >= 11 is 0. The van der Waals surface area contributed by atoms with Gasteiger partial charge in [-0.25, -0.2) is 0 Å². The maximum absolute atomic E-state index is 5.20. The molecule has 0 fully saturated rings. The summed E-state index contributed by atoms with van der Waals surface area (Å²) in [5.74, 6) is 0.893. The third-order valence-electron chi connectivity index (χ3n) is 3.30. The van der Waals surface area contributed by atoms with E-state index in [2.05, 4.69) is 49.4 Å². The smallest absolute Gasteiger partial charge is 0.118 e. The van der Waals surface area contributed by atoms with Gasteiger partial charge in [-0.1, -0.05) is 30.7 Å². The summed E-state index contributed by atoms with van der Waals surface area (Å²) in [6.45, 7) is 2.14. The Morgan fingerprint density at radius 2 is 1.74 bits per heavy atom. The second-order valence-electron chi connectivity index (χ2n) is 4.57. The van der Waals surface area contributed by atoms with Crippen molar-refractivity contribution in [2.45, 2.75) is 6.92 Å². The Hall–Kier alpha value is -1.27. The number of hydrogen-bond acceptors (Lipinski definition) is 1. The Labute approximate surface area is 132 Å². The topological polar surface area (TPSA) is 9.23 Å². The van der Waals surface area contributed by atoms with Gasteiger partial charge in [0.15, 0.2) is 0 Å². The molecule has 0 aliphatic heterocycles. The average molecular weight is 327 g/mol. The van der Waals surface area contributed by atoms with Gasteiger partial charge in [0.2, 0.25) is 0 Å². The molecule has 0 heterocycles. The first kappa shape index (κ1) is 14.1. The number of benzene rings is 2. The summed E-state index contributed by atoms with van der Waals surface area (Å²) in [6.07, 6.45) is 0. The van der Waals surface area contributed by atoms with Crippen LogP contribution < -0.4 is 4.74 Å². The van der Waals surface area contributed by atoms with Crippen LogP contribution in [-0.4, -0.2) is 7.11 Å². The molecular weight excluding hydrogens is 311 g/mol. The number of fused-ring (bicyclic) bond motifs is 1. The van der Waals surface area contributed by atoms with Crippen LogP contribution in [-0.2, 0) is 26.2 Å². The van der Waals surface area contributed by atoms with Crippen molar-refractivity contribution < 1.29 is 30.9 Å². The van der Waals surface area contributed by atoms with Crippen LogP contribution in [0, 0.1) is 6.92 Å². The average Bonchev–Trinajstić information content (AvgIpc) is 2.79. The molecule has 19 heavy (non-hydrogen) atoms. The van der Waals surface area contributed by atoms with Crippen LogP contribution in [0.15, 0.2) is 54.6 Å². The van der Waals surface area contributed by atoms with E-state index in [1.54, 1.807) is 7.11 Å². The summed E-state index contributed by atoms with van der Waals surface area (Å²) in [6, 6.07) is 19.1. The van der Waals surface area contributed by atoms with Crippen molar-refractivity contribution in [3.63, 3.8) is 0 Å². The minimum atomic E-state index is 0. The van der Waals surface area contributed by atoms with Crippen molar-refractivity contribution in [3.05, 3.63) is 60.2 Å². The molecule has 0 radical (unpaired) electrons. The maximum atomic E-state index is 5.20. The molecule has 0 aliphatic rings. The van der Waals surface area contributed by atoms with E-state index in [9.17, 15) is 0 Å². The minimum absolute atomic E-state index is 0. The van der Waals surface area contributed by atoms with Gasteiger partial charge in [0.1, 0.15) is 5.75 Å². The molecule has 0 saturated carbocycles. The molecule has 0 amide bonds. The molecule has 2 heteroatoms. The summed E-state index contributed by atoms with van der Waals surface area (Å²) in [5, 5.41) is 2.63. The molecule has 0 N–H and O–H groups in total. The summed E-state index contributed by atoms with van der Waals surface area (Å²) in [4.78, 5) is 0. The Balaban J connectivity index is 0.00000133. The summed E-state index contributed by atoms with van der Waals surface area (Å²) < 4.78 is 5.20. The van der Waals surface area contributed by atoms with Crippen molar-refractivity contribution in [2.75, 3.05) is 7.11 Å². The van der Waals surface area contributed by atoms with E-state index in [-0.39, 0.29) is 26.2 Å². The molecule has 94 valence electrons. The standard InChI is InChI=1S/C17H15O.Zr/c1-12-10-14-4-3-5-16(17(14)11-12)13-6-8-15(18-2)9-7-13;/h3-11H,1-2H3;/q-1;. The number of methoxy groups -OCH3 is 1. The van der Waals surface area contributed by atoms with Crippen LogP contribution in [0.3, 0.4) is 0 Å². The van der Waals surface area contributed by atoms with Crippen molar-refractivity contribution in [1.29, 1.82) is 0 Å². The molecule has 3 aromatic carbocycles. The third kappa shape index (κ3) is 2.69. The van der Waals surface area contributed by atoms with Gasteiger partial charge < -0.3 is 4.74 Å². The molecule has 0 unspecified atom stereocenters. The van der Waals surface area contributed by atoms with Gasteiger partial charge in [-0.3, -0.25) is 0 Å². The molecule has 0 atom stereocenters. The van der Waals surface area contributed by atoms with Gasteiger partial charge in [0, 0.05) is 26.2 Å². The fraction of sp³-hybridized carbons (Fsp3) is 0.118. The zero-order valence-corrected chi connectivity index (χ0v) is 13.6. The quantitative estimate of drug-likeness (QED) is 0.628. The van der Waals surface area contributed by atoms with Crippen LogP contribution in [0.5, 0.6) is 5.75 Å². The second-order valence-corrected chi connectivity index (χ2v) is 4.57. The molecule has 3 aromatic rings. The molecule has 0 saturated heterocycles. The molecule has 0 aliphatic carbocycles. The number of hydrogen-bond donors (Lipinski definition) is 0. The van der Waals surface area contributed by atoms with E-state index in [0.29, 0.717) is 0 Å². The van der Waals surface area contributed by atoms with Crippen molar-refractivity contribution in [3.8, 4) is 16.9 Å². The van der Waals surface area contributed by atoms with Crippen molar-refractivity contribution >= 4 is 10.8 Å². The van der Waals surface area contributed by atoms with Crippen molar-refractivity contribution in [2.24, 2.45) is 0 Å². The van der Waals surface area contributed by atoms with Gasteiger partial charge in [-0.05, 0) is 17.7 Å². The minimum Gasteiger partial charge on any atom is -0.497 e. The predicted molar refractivity (Wildman–Crippen MR) is 76.3 cm³/mol.